The molecule has 1 saturated carbocycles. The van der Waals surface area contributed by atoms with Gasteiger partial charge in [-0.15, -0.1) is 0 Å². The van der Waals surface area contributed by atoms with E-state index in [-0.39, 0.29) is 5.91 Å². The summed E-state index contributed by atoms with van der Waals surface area (Å²) in [6.07, 6.45) is 5.53. The first-order chi connectivity index (χ1) is 11.5. The SMILES string of the molecule is O=C(CCN1C(C(=O)O)CC2CCCCC21)Nc1ccc(Cl)cc1. The lowest BCUT2D eigenvalue weighted by Gasteiger charge is -2.32. The average molecular weight is 351 g/mol. The lowest BCUT2D eigenvalue weighted by Crippen LogP contribution is -2.43. The van der Waals surface area contributed by atoms with Crippen molar-refractivity contribution < 1.29 is 14.7 Å². The van der Waals surface area contributed by atoms with Crippen LogP contribution in [0.1, 0.15) is 38.5 Å². The molecule has 24 heavy (non-hydrogen) atoms. The van der Waals surface area contributed by atoms with Crippen molar-refractivity contribution in [1.29, 1.82) is 0 Å². The molecule has 0 spiro atoms. The number of halogens is 1. The first-order valence-corrected chi connectivity index (χ1v) is 8.96. The van der Waals surface area contributed by atoms with Crippen molar-refractivity contribution in [3.8, 4) is 0 Å². The summed E-state index contributed by atoms with van der Waals surface area (Å²) in [6, 6.07) is 6.85. The molecule has 1 amide bonds. The summed E-state index contributed by atoms with van der Waals surface area (Å²) >= 11 is 5.83. The van der Waals surface area contributed by atoms with Gasteiger partial charge in [-0.05, 0) is 49.4 Å². The number of benzene rings is 1. The number of fused-ring (bicyclic) bond motifs is 1. The van der Waals surface area contributed by atoms with E-state index >= 15 is 0 Å². The second-order valence-corrected chi connectivity index (χ2v) is 7.18. The molecule has 1 heterocycles. The molecular formula is C18H23ClN2O3. The Kier molecular flexibility index (Phi) is 5.41. The van der Waals surface area contributed by atoms with E-state index in [4.69, 9.17) is 11.6 Å². The summed E-state index contributed by atoms with van der Waals surface area (Å²) in [5, 5.41) is 13.0. The average Bonchev–Trinajstić information content (AvgIpc) is 2.94. The number of carbonyl (C=O) groups excluding carboxylic acids is 1. The summed E-state index contributed by atoms with van der Waals surface area (Å²) < 4.78 is 0. The molecule has 1 aliphatic heterocycles. The number of carbonyl (C=O) groups is 2. The summed E-state index contributed by atoms with van der Waals surface area (Å²) in [6.45, 7) is 0.498. The normalized spacial score (nSPS) is 26.8. The zero-order chi connectivity index (χ0) is 17.1. The Bertz CT molecular complexity index is 605. The molecule has 2 N–H and O–H groups in total. The predicted octanol–water partition coefficient (Wildman–Crippen LogP) is 3.39. The Morgan fingerprint density at radius 3 is 2.62 bits per heavy atom. The highest BCUT2D eigenvalue weighted by atomic mass is 35.5. The van der Waals surface area contributed by atoms with Gasteiger partial charge in [-0.2, -0.15) is 0 Å². The van der Waals surface area contributed by atoms with E-state index < -0.39 is 12.0 Å². The van der Waals surface area contributed by atoms with Gasteiger partial charge in [0.05, 0.1) is 0 Å². The first-order valence-electron chi connectivity index (χ1n) is 8.58. The number of hydrogen-bond acceptors (Lipinski definition) is 3. The van der Waals surface area contributed by atoms with Crippen molar-refractivity contribution in [1.82, 2.24) is 4.90 Å². The lowest BCUT2D eigenvalue weighted by atomic mass is 9.85. The fourth-order valence-corrected chi connectivity index (χ4v) is 4.23. The summed E-state index contributed by atoms with van der Waals surface area (Å²) in [5.41, 5.74) is 0.705. The summed E-state index contributed by atoms with van der Waals surface area (Å²) in [5.74, 6) is -0.387. The summed E-state index contributed by atoms with van der Waals surface area (Å²) in [7, 11) is 0. The Morgan fingerprint density at radius 2 is 1.92 bits per heavy atom. The van der Waals surface area contributed by atoms with E-state index in [2.05, 4.69) is 5.32 Å². The van der Waals surface area contributed by atoms with Gasteiger partial charge in [0, 0.05) is 29.7 Å². The third-order valence-corrected chi connectivity index (χ3v) is 5.48. The van der Waals surface area contributed by atoms with Crippen molar-refractivity contribution in [3.63, 3.8) is 0 Å². The molecule has 2 fully saturated rings. The van der Waals surface area contributed by atoms with Crippen LogP contribution in [0.25, 0.3) is 0 Å². The fourth-order valence-electron chi connectivity index (χ4n) is 4.10. The molecule has 0 radical (unpaired) electrons. The number of aliphatic carboxylic acids is 1. The monoisotopic (exact) mass is 350 g/mol. The van der Waals surface area contributed by atoms with E-state index in [1.165, 1.54) is 6.42 Å². The van der Waals surface area contributed by atoms with Crippen molar-refractivity contribution >= 4 is 29.2 Å². The van der Waals surface area contributed by atoms with Crippen molar-refractivity contribution in [3.05, 3.63) is 29.3 Å². The van der Waals surface area contributed by atoms with E-state index in [9.17, 15) is 14.7 Å². The minimum absolute atomic E-state index is 0.0966. The highest BCUT2D eigenvalue weighted by Gasteiger charge is 2.44. The van der Waals surface area contributed by atoms with Crippen LogP contribution in [0, 0.1) is 5.92 Å². The molecule has 3 atom stereocenters. The molecule has 1 saturated heterocycles. The largest absolute Gasteiger partial charge is 0.480 e. The first kappa shape index (κ1) is 17.2. The predicted molar refractivity (Wildman–Crippen MR) is 93.2 cm³/mol. The van der Waals surface area contributed by atoms with Crippen LogP contribution in [-0.2, 0) is 9.59 Å². The Balaban J connectivity index is 1.58. The van der Waals surface area contributed by atoms with Crippen LogP contribution >= 0.6 is 11.6 Å². The second-order valence-electron chi connectivity index (χ2n) is 6.74. The molecule has 3 rings (SSSR count). The molecule has 1 aromatic carbocycles. The molecule has 130 valence electrons. The van der Waals surface area contributed by atoms with Crippen molar-refractivity contribution in [2.24, 2.45) is 5.92 Å². The topological polar surface area (TPSA) is 69.6 Å². The quantitative estimate of drug-likeness (QED) is 0.854. The maximum Gasteiger partial charge on any atom is 0.320 e. The smallest absolute Gasteiger partial charge is 0.320 e. The van der Waals surface area contributed by atoms with E-state index in [1.54, 1.807) is 24.3 Å². The number of likely N-dealkylation sites (tertiary alicyclic amines) is 1. The Hall–Kier alpha value is -1.59. The summed E-state index contributed by atoms with van der Waals surface area (Å²) in [4.78, 5) is 25.8. The van der Waals surface area contributed by atoms with Gasteiger partial charge in [-0.25, -0.2) is 0 Å². The number of nitrogens with one attached hydrogen (secondary N) is 1. The standard InChI is InChI=1S/C18H23ClN2O3/c19-13-5-7-14(8-6-13)20-17(22)9-10-21-15-4-2-1-3-12(15)11-16(21)18(23)24/h5-8,12,15-16H,1-4,9-11H2,(H,20,22)(H,23,24). The molecule has 5 nitrogen and oxygen atoms in total. The molecule has 1 aliphatic carbocycles. The van der Waals surface area contributed by atoms with Crippen molar-refractivity contribution in [2.45, 2.75) is 50.6 Å². The Morgan fingerprint density at radius 1 is 1.21 bits per heavy atom. The van der Waals surface area contributed by atoms with Gasteiger partial charge in [0.1, 0.15) is 6.04 Å². The maximum absolute atomic E-state index is 12.2. The number of nitrogens with zero attached hydrogens (tertiary/aromatic N) is 1. The van der Waals surface area contributed by atoms with Crippen LogP contribution in [0.4, 0.5) is 5.69 Å². The molecule has 2 aliphatic rings. The third-order valence-electron chi connectivity index (χ3n) is 5.23. The minimum atomic E-state index is -0.762. The molecule has 0 aromatic heterocycles. The molecule has 0 bridgehead atoms. The van der Waals surface area contributed by atoms with Crippen LogP contribution in [0.3, 0.4) is 0 Å². The van der Waals surface area contributed by atoms with Gasteiger partial charge in [-0.1, -0.05) is 24.4 Å². The second kappa shape index (κ2) is 7.53. The molecule has 6 heteroatoms. The maximum atomic E-state index is 12.2. The van der Waals surface area contributed by atoms with Gasteiger partial charge in [-0.3, -0.25) is 14.5 Å². The van der Waals surface area contributed by atoms with Gasteiger partial charge in [0.15, 0.2) is 0 Å². The zero-order valence-electron chi connectivity index (χ0n) is 13.6. The number of amides is 1. The van der Waals surface area contributed by atoms with E-state index in [0.717, 1.165) is 25.7 Å². The highest BCUT2D eigenvalue weighted by molar-refractivity contribution is 6.30. The number of rotatable bonds is 5. The van der Waals surface area contributed by atoms with Crippen LogP contribution in [0.5, 0.6) is 0 Å². The highest BCUT2D eigenvalue weighted by Crippen LogP contribution is 2.39. The lowest BCUT2D eigenvalue weighted by molar-refractivity contribution is -0.143. The van der Waals surface area contributed by atoms with Gasteiger partial charge in [0.2, 0.25) is 5.91 Å². The molecular weight excluding hydrogens is 328 g/mol. The number of hydrogen-bond donors (Lipinski definition) is 2. The van der Waals surface area contributed by atoms with Crippen LogP contribution in [-0.4, -0.2) is 40.5 Å². The van der Waals surface area contributed by atoms with Crippen LogP contribution in [0.15, 0.2) is 24.3 Å². The van der Waals surface area contributed by atoms with Crippen molar-refractivity contribution in [2.75, 3.05) is 11.9 Å². The zero-order valence-corrected chi connectivity index (χ0v) is 14.3. The molecule has 1 aromatic rings. The number of carboxylic acid groups (broad SMARTS) is 1. The number of carboxylic acids is 1. The fraction of sp³-hybridized carbons (Fsp3) is 0.556. The minimum Gasteiger partial charge on any atom is -0.480 e. The van der Waals surface area contributed by atoms with Crippen LogP contribution in [0.2, 0.25) is 5.02 Å². The number of anilines is 1. The third kappa shape index (κ3) is 3.90. The van der Waals surface area contributed by atoms with E-state index in [1.807, 2.05) is 4.90 Å². The van der Waals surface area contributed by atoms with Gasteiger partial charge >= 0.3 is 5.97 Å². The van der Waals surface area contributed by atoms with Crippen LogP contribution < -0.4 is 5.32 Å². The van der Waals surface area contributed by atoms with Gasteiger partial charge in [0.25, 0.3) is 0 Å². The van der Waals surface area contributed by atoms with E-state index in [0.29, 0.717) is 35.6 Å². The Labute approximate surface area is 147 Å². The van der Waals surface area contributed by atoms with Gasteiger partial charge < -0.3 is 10.4 Å². The molecule has 3 unspecified atom stereocenters.